The number of fused-ring (bicyclic) bond motifs is 2. The lowest BCUT2D eigenvalue weighted by molar-refractivity contribution is -0.128. The molecule has 0 spiro atoms. The Morgan fingerprint density at radius 1 is 1.03 bits per heavy atom. The number of carbonyl (C=O) groups excluding carboxylic acids is 1. The summed E-state index contributed by atoms with van der Waals surface area (Å²) in [7, 11) is -3.95. The lowest BCUT2D eigenvalue weighted by Crippen LogP contribution is -2.51. The fourth-order valence-electron chi connectivity index (χ4n) is 4.84. The third kappa shape index (κ3) is 4.82. The fourth-order valence-corrected chi connectivity index (χ4v) is 6.47. The number of halogens is 1. The molecule has 0 radical (unpaired) electrons. The highest BCUT2D eigenvalue weighted by Crippen LogP contribution is 2.39. The fraction of sp³-hybridized carbons (Fsp3) is 0.321. The number of amides is 1. The highest BCUT2D eigenvalue weighted by molar-refractivity contribution is 7.92. The van der Waals surface area contributed by atoms with Crippen LogP contribution in [0.3, 0.4) is 0 Å². The Morgan fingerprint density at radius 3 is 2.50 bits per heavy atom. The average Bonchev–Trinajstić information content (AvgIpc) is 2.87. The third-order valence-electron chi connectivity index (χ3n) is 6.92. The summed E-state index contributed by atoms with van der Waals surface area (Å²) in [5.74, 6) is -0.0761. The maximum atomic E-state index is 13.6. The quantitative estimate of drug-likeness (QED) is 0.487. The maximum Gasteiger partial charge on any atom is 0.264 e. The Labute approximate surface area is 217 Å². The molecule has 6 nitrogen and oxygen atoms in total. The van der Waals surface area contributed by atoms with Crippen LogP contribution in [-0.2, 0) is 27.7 Å². The minimum atomic E-state index is -3.95. The monoisotopic (exact) mass is 524 g/mol. The predicted octanol–water partition coefficient (Wildman–Crippen LogP) is 5.36. The van der Waals surface area contributed by atoms with Gasteiger partial charge in [0.2, 0.25) is 0 Å². The van der Waals surface area contributed by atoms with Gasteiger partial charge >= 0.3 is 0 Å². The molecule has 1 heterocycles. The van der Waals surface area contributed by atoms with Crippen molar-refractivity contribution < 1.29 is 17.9 Å². The SMILES string of the molecule is Cc1ccc(S(=O)(=O)N2C[C@H](C(=O)N[C@@H](C)c3ccc4c(c3)CCCC4)Oc3ccc(Cl)cc32)cc1. The second-order valence-electron chi connectivity index (χ2n) is 9.53. The van der Waals surface area contributed by atoms with Gasteiger partial charge in [0.1, 0.15) is 5.75 Å². The Morgan fingerprint density at radius 2 is 1.75 bits per heavy atom. The van der Waals surface area contributed by atoms with Crippen molar-refractivity contribution in [3.05, 3.63) is 87.9 Å². The molecule has 0 saturated carbocycles. The van der Waals surface area contributed by atoms with Gasteiger partial charge in [0.25, 0.3) is 15.9 Å². The van der Waals surface area contributed by atoms with E-state index in [0.717, 1.165) is 24.0 Å². The van der Waals surface area contributed by atoms with Crippen LogP contribution in [0.5, 0.6) is 5.75 Å². The Hall–Kier alpha value is -3.03. The summed E-state index contributed by atoms with van der Waals surface area (Å²) < 4.78 is 34.4. The normalized spacial score (nSPS) is 18.0. The first kappa shape index (κ1) is 24.7. The second-order valence-corrected chi connectivity index (χ2v) is 11.8. The van der Waals surface area contributed by atoms with Gasteiger partial charge in [0.15, 0.2) is 6.10 Å². The standard InChI is InChI=1S/C28H29ClN2O4S/c1-18-7-12-24(13-8-18)36(33,34)31-17-27(35-26-14-11-23(29)16-25(26)31)28(32)30-19(2)21-10-9-20-5-3-4-6-22(20)15-21/h7-16,19,27H,3-6,17H2,1-2H3,(H,30,32)/t19-,27+/m0/s1. The first-order chi connectivity index (χ1) is 17.2. The second kappa shape index (κ2) is 9.79. The van der Waals surface area contributed by atoms with Crippen LogP contribution in [-0.4, -0.2) is 27.0 Å². The first-order valence-corrected chi connectivity index (χ1v) is 14.0. The summed E-state index contributed by atoms with van der Waals surface area (Å²) in [6.07, 6.45) is 3.54. The third-order valence-corrected chi connectivity index (χ3v) is 8.95. The van der Waals surface area contributed by atoms with Crippen LogP contribution in [0.2, 0.25) is 5.02 Å². The van der Waals surface area contributed by atoms with E-state index in [1.54, 1.807) is 42.5 Å². The first-order valence-electron chi connectivity index (χ1n) is 12.2. The molecule has 2 atom stereocenters. The van der Waals surface area contributed by atoms with Crippen molar-refractivity contribution in [3.63, 3.8) is 0 Å². The molecule has 8 heteroatoms. The van der Waals surface area contributed by atoms with E-state index in [4.69, 9.17) is 16.3 Å². The van der Waals surface area contributed by atoms with Crippen LogP contribution in [0.1, 0.15) is 48.1 Å². The van der Waals surface area contributed by atoms with E-state index in [9.17, 15) is 13.2 Å². The summed E-state index contributed by atoms with van der Waals surface area (Å²) in [6, 6.07) is 17.5. The van der Waals surface area contributed by atoms with E-state index in [1.165, 1.54) is 28.3 Å². The maximum absolute atomic E-state index is 13.6. The van der Waals surface area contributed by atoms with Gasteiger partial charge in [-0.25, -0.2) is 8.42 Å². The van der Waals surface area contributed by atoms with Crippen molar-refractivity contribution >= 4 is 33.2 Å². The molecule has 0 bridgehead atoms. The molecule has 1 aliphatic carbocycles. The number of nitrogens with one attached hydrogen (secondary N) is 1. The lowest BCUT2D eigenvalue weighted by Gasteiger charge is -2.35. The number of carbonyl (C=O) groups is 1. The van der Waals surface area contributed by atoms with E-state index in [-0.39, 0.29) is 23.4 Å². The summed E-state index contributed by atoms with van der Waals surface area (Å²) >= 11 is 6.19. The van der Waals surface area contributed by atoms with Crippen molar-refractivity contribution in [3.8, 4) is 5.75 Å². The van der Waals surface area contributed by atoms with E-state index >= 15 is 0 Å². The molecule has 0 saturated heterocycles. The molecule has 3 aromatic rings. The van der Waals surface area contributed by atoms with Crippen molar-refractivity contribution in [2.75, 3.05) is 10.8 Å². The molecule has 1 amide bonds. The highest BCUT2D eigenvalue weighted by Gasteiger charge is 2.38. The zero-order valence-corrected chi connectivity index (χ0v) is 21.9. The predicted molar refractivity (Wildman–Crippen MR) is 141 cm³/mol. The van der Waals surface area contributed by atoms with Gasteiger partial charge in [-0.2, -0.15) is 0 Å². The van der Waals surface area contributed by atoms with Gasteiger partial charge in [0, 0.05) is 5.02 Å². The summed E-state index contributed by atoms with van der Waals surface area (Å²) in [4.78, 5) is 13.5. The molecular weight excluding hydrogens is 496 g/mol. The Bertz CT molecular complexity index is 1410. The number of hydrogen-bond acceptors (Lipinski definition) is 4. The smallest absolute Gasteiger partial charge is 0.264 e. The highest BCUT2D eigenvalue weighted by atomic mass is 35.5. The van der Waals surface area contributed by atoms with Crippen LogP contribution in [0.15, 0.2) is 65.6 Å². The minimum Gasteiger partial charge on any atom is -0.476 e. The number of benzene rings is 3. The summed E-state index contributed by atoms with van der Waals surface area (Å²) in [6.45, 7) is 3.66. The number of aryl methyl sites for hydroxylation is 3. The minimum absolute atomic E-state index is 0.141. The summed E-state index contributed by atoms with van der Waals surface area (Å²) in [5.41, 5.74) is 5.01. The molecule has 2 aliphatic rings. The molecule has 36 heavy (non-hydrogen) atoms. The van der Waals surface area contributed by atoms with Crippen molar-refractivity contribution in [1.29, 1.82) is 0 Å². The Kier molecular flexibility index (Phi) is 6.70. The summed E-state index contributed by atoms with van der Waals surface area (Å²) in [5, 5.41) is 3.40. The molecule has 188 valence electrons. The molecule has 0 aromatic heterocycles. The van der Waals surface area contributed by atoms with Crippen LogP contribution < -0.4 is 14.4 Å². The van der Waals surface area contributed by atoms with E-state index in [1.807, 2.05) is 13.8 Å². The van der Waals surface area contributed by atoms with Crippen LogP contribution in [0.25, 0.3) is 0 Å². The van der Waals surface area contributed by atoms with Crippen molar-refractivity contribution in [2.24, 2.45) is 0 Å². The largest absolute Gasteiger partial charge is 0.476 e. The van der Waals surface area contributed by atoms with E-state index in [0.29, 0.717) is 16.5 Å². The van der Waals surface area contributed by atoms with Gasteiger partial charge in [-0.1, -0.05) is 47.5 Å². The van der Waals surface area contributed by atoms with E-state index in [2.05, 4.69) is 23.5 Å². The molecule has 1 N–H and O–H groups in total. The molecule has 0 unspecified atom stereocenters. The van der Waals surface area contributed by atoms with Gasteiger partial charge < -0.3 is 10.1 Å². The molecular formula is C28H29ClN2O4S. The molecule has 1 aliphatic heterocycles. The van der Waals surface area contributed by atoms with Gasteiger partial charge in [-0.3, -0.25) is 9.10 Å². The van der Waals surface area contributed by atoms with Gasteiger partial charge in [-0.05, 0) is 86.6 Å². The zero-order valence-electron chi connectivity index (χ0n) is 20.3. The average molecular weight is 525 g/mol. The van der Waals surface area contributed by atoms with E-state index < -0.39 is 16.1 Å². The number of anilines is 1. The van der Waals surface area contributed by atoms with Crippen LogP contribution in [0, 0.1) is 6.92 Å². The van der Waals surface area contributed by atoms with Gasteiger partial charge in [-0.15, -0.1) is 0 Å². The van der Waals surface area contributed by atoms with Crippen molar-refractivity contribution in [1.82, 2.24) is 5.32 Å². The van der Waals surface area contributed by atoms with Gasteiger partial charge in [0.05, 0.1) is 23.2 Å². The van der Waals surface area contributed by atoms with Crippen molar-refractivity contribution in [2.45, 2.75) is 56.6 Å². The molecule has 0 fully saturated rings. The molecule has 5 rings (SSSR count). The molecule has 3 aromatic carbocycles. The zero-order chi connectivity index (χ0) is 25.4. The number of nitrogens with zero attached hydrogens (tertiary/aromatic N) is 1. The van der Waals surface area contributed by atoms with Crippen LogP contribution in [0.4, 0.5) is 5.69 Å². The topological polar surface area (TPSA) is 75.7 Å². The Balaban J connectivity index is 1.41. The number of rotatable bonds is 5. The number of hydrogen-bond donors (Lipinski definition) is 1. The lowest BCUT2D eigenvalue weighted by atomic mass is 9.89. The van der Waals surface area contributed by atoms with Crippen LogP contribution >= 0.6 is 11.6 Å². The number of ether oxygens (including phenoxy) is 1. The number of sulfonamides is 1.